The first-order valence-electron chi connectivity index (χ1n) is 10.3. The Labute approximate surface area is 184 Å². The number of benzene rings is 2. The Balaban J connectivity index is 1.58. The summed E-state index contributed by atoms with van der Waals surface area (Å²) in [5.41, 5.74) is 0.431. The molecule has 2 aromatic carbocycles. The number of ether oxygens (including phenoxy) is 2. The van der Waals surface area contributed by atoms with Crippen LogP contribution in [0.25, 0.3) is 0 Å². The van der Waals surface area contributed by atoms with Crippen molar-refractivity contribution in [3.05, 3.63) is 53.6 Å². The molecule has 32 heavy (non-hydrogen) atoms. The number of hydrogen-bond acceptors (Lipinski definition) is 5. The molecular formula is C23H25F3N2O4. The SMILES string of the molecule is CC(=O)c1ccc(OCCCC(=O)Nc2cc(C(F)(F)F)ccc2N2CCOCC2)cc1. The molecule has 172 valence electrons. The molecule has 1 fully saturated rings. The third kappa shape index (κ3) is 6.46. The second kappa shape index (κ2) is 10.5. The van der Waals surface area contributed by atoms with Gasteiger partial charge in [0, 0.05) is 25.1 Å². The first-order valence-corrected chi connectivity index (χ1v) is 10.3. The predicted octanol–water partition coefficient (Wildman–Crippen LogP) is 4.54. The second-order valence-corrected chi connectivity index (χ2v) is 7.41. The zero-order valence-corrected chi connectivity index (χ0v) is 17.7. The van der Waals surface area contributed by atoms with E-state index in [1.165, 1.54) is 13.0 Å². The zero-order chi connectivity index (χ0) is 23.1. The van der Waals surface area contributed by atoms with E-state index in [2.05, 4.69) is 5.32 Å². The van der Waals surface area contributed by atoms with Crippen LogP contribution in [-0.2, 0) is 15.7 Å². The van der Waals surface area contributed by atoms with Gasteiger partial charge in [-0.2, -0.15) is 13.2 Å². The number of hydrogen-bond donors (Lipinski definition) is 1. The molecule has 0 atom stereocenters. The van der Waals surface area contributed by atoms with Crippen molar-refractivity contribution < 1.29 is 32.2 Å². The Bertz CT molecular complexity index is 939. The lowest BCUT2D eigenvalue weighted by atomic mass is 10.1. The Hall–Kier alpha value is -3.07. The number of rotatable bonds is 8. The highest BCUT2D eigenvalue weighted by atomic mass is 19.4. The third-order valence-electron chi connectivity index (χ3n) is 5.03. The molecule has 1 amide bonds. The van der Waals surface area contributed by atoms with Crippen LogP contribution in [0.5, 0.6) is 5.75 Å². The number of ketones is 1. The predicted molar refractivity (Wildman–Crippen MR) is 114 cm³/mol. The van der Waals surface area contributed by atoms with E-state index in [9.17, 15) is 22.8 Å². The lowest BCUT2D eigenvalue weighted by Crippen LogP contribution is -2.36. The minimum atomic E-state index is -4.51. The number of nitrogens with one attached hydrogen (secondary N) is 1. The lowest BCUT2D eigenvalue weighted by Gasteiger charge is -2.31. The standard InChI is InChI=1S/C23H25F3N2O4/c1-16(29)17-4-7-19(8-5-17)32-12-2-3-22(30)27-20-15-18(23(24,25)26)6-9-21(20)28-10-13-31-14-11-28/h4-9,15H,2-3,10-14H2,1H3,(H,27,30). The van der Waals surface area contributed by atoms with E-state index in [1.807, 2.05) is 4.90 Å². The summed E-state index contributed by atoms with van der Waals surface area (Å²) in [6.45, 7) is 3.74. The van der Waals surface area contributed by atoms with Crippen molar-refractivity contribution in [1.82, 2.24) is 0 Å². The number of anilines is 2. The van der Waals surface area contributed by atoms with E-state index in [-0.39, 0.29) is 24.5 Å². The number of alkyl halides is 3. The van der Waals surface area contributed by atoms with Gasteiger partial charge in [0.1, 0.15) is 5.75 Å². The Morgan fingerprint density at radius 2 is 1.78 bits per heavy atom. The molecule has 0 unspecified atom stereocenters. The normalized spacial score (nSPS) is 14.2. The largest absolute Gasteiger partial charge is 0.494 e. The van der Waals surface area contributed by atoms with Crippen molar-refractivity contribution in [2.75, 3.05) is 43.1 Å². The molecule has 0 aliphatic carbocycles. The van der Waals surface area contributed by atoms with Crippen molar-refractivity contribution in [2.24, 2.45) is 0 Å². The fraction of sp³-hybridized carbons (Fsp3) is 0.391. The van der Waals surface area contributed by atoms with Crippen molar-refractivity contribution in [1.29, 1.82) is 0 Å². The van der Waals surface area contributed by atoms with Gasteiger partial charge in [0.2, 0.25) is 5.91 Å². The van der Waals surface area contributed by atoms with Gasteiger partial charge in [0.25, 0.3) is 0 Å². The fourth-order valence-corrected chi connectivity index (χ4v) is 3.31. The molecule has 0 radical (unpaired) electrons. The topological polar surface area (TPSA) is 67.9 Å². The molecular weight excluding hydrogens is 425 g/mol. The molecule has 0 bridgehead atoms. The first kappa shape index (κ1) is 23.6. The first-order chi connectivity index (χ1) is 15.2. The van der Waals surface area contributed by atoms with Crippen molar-refractivity contribution in [3.8, 4) is 5.75 Å². The van der Waals surface area contributed by atoms with Crippen LogP contribution in [0.3, 0.4) is 0 Å². The number of amides is 1. The summed E-state index contributed by atoms with van der Waals surface area (Å²) in [6.07, 6.45) is -4.04. The average Bonchev–Trinajstić information content (AvgIpc) is 2.77. The maximum Gasteiger partial charge on any atom is 0.416 e. The van der Waals surface area contributed by atoms with Crippen LogP contribution in [0.1, 0.15) is 35.7 Å². The Morgan fingerprint density at radius 1 is 1.09 bits per heavy atom. The number of Topliss-reactive ketones (excluding diaryl/α,β-unsaturated/α-hetero) is 1. The maximum atomic E-state index is 13.2. The molecule has 1 heterocycles. The molecule has 6 nitrogen and oxygen atoms in total. The molecule has 0 aromatic heterocycles. The maximum absolute atomic E-state index is 13.2. The second-order valence-electron chi connectivity index (χ2n) is 7.41. The summed E-state index contributed by atoms with van der Waals surface area (Å²) in [5, 5.41) is 2.62. The average molecular weight is 450 g/mol. The minimum absolute atomic E-state index is 0.0423. The molecule has 1 N–H and O–H groups in total. The summed E-state index contributed by atoms with van der Waals surface area (Å²) >= 11 is 0. The molecule has 2 aromatic rings. The van der Waals surface area contributed by atoms with E-state index in [4.69, 9.17) is 9.47 Å². The Kier molecular flexibility index (Phi) is 7.74. The molecule has 3 rings (SSSR count). The van der Waals surface area contributed by atoms with E-state index in [0.29, 0.717) is 49.7 Å². The van der Waals surface area contributed by atoms with Crippen LogP contribution in [0.4, 0.5) is 24.5 Å². The van der Waals surface area contributed by atoms with E-state index < -0.39 is 17.6 Å². The summed E-state index contributed by atoms with van der Waals surface area (Å²) in [5.74, 6) is 0.136. The van der Waals surface area contributed by atoms with Gasteiger partial charge in [-0.05, 0) is 55.8 Å². The number of halogens is 3. The highest BCUT2D eigenvalue weighted by Gasteiger charge is 2.31. The van der Waals surface area contributed by atoms with Crippen LogP contribution in [0, 0.1) is 0 Å². The van der Waals surface area contributed by atoms with Gasteiger partial charge in [0.15, 0.2) is 5.78 Å². The third-order valence-corrected chi connectivity index (χ3v) is 5.03. The van der Waals surface area contributed by atoms with Crippen LogP contribution < -0.4 is 15.0 Å². The summed E-state index contributed by atoms with van der Waals surface area (Å²) in [7, 11) is 0. The highest BCUT2D eigenvalue weighted by molar-refractivity contribution is 5.95. The van der Waals surface area contributed by atoms with Crippen molar-refractivity contribution >= 4 is 23.1 Å². The minimum Gasteiger partial charge on any atom is -0.494 e. The number of nitrogens with zero attached hydrogens (tertiary/aromatic N) is 1. The fourth-order valence-electron chi connectivity index (χ4n) is 3.31. The zero-order valence-electron chi connectivity index (χ0n) is 17.7. The molecule has 1 aliphatic heterocycles. The number of carbonyl (C=O) groups is 2. The van der Waals surface area contributed by atoms with E-state index in [0.717, 1.165) is 12.1 Å². The lowest BCUT2D eigenvalue weighted by molar-refractivity contribution is -0.137. The van der Waals surface area contributed by atoms with Gasteiger partial charge >= 0.3 is 6.18 Å². The van der Waals surface area contributed by atoms with Gasteiger partial charge in [-0.15, -0.1) is 0 Å². The molecule has 1 aliphatic rings. The van der Waals surface area contributed by atoms with Crippen molar-refractivity contribution in [2.45, 2.75) is 25.9 Å². The van der Waals surface area contributed by atoms with Gasteiger partial charge in [-0.3, -0.25) is 9.59 Å². The van der Waals surface area contributed by atoms with Gasteiger partial charge < -0.3 is 19.7 Å². The van der Waals surface area contributed by atoms with Crippen LogP contribution in [0.15, 0.2) is 42.5 Å². The van der Waals surface area contributed by atoms with Gasteiger partial charge in [0.05, 0.1) is 36.8 Å². The van der Waals surface area contributed by atoms with Gasteiger partial charge in [-0.1, -0.05) is 0 Å². The smallest absolute Gasteiger partial charge is 0.416 e. The number of carbonyl (C=O) groups excluding carboxylic acids is 2. The molecule has 9 heteroatoms. The number of morpholine rings is 1. The molecule has 0 saturated carbocycles. The molecule has 1 saturated heterocycles. The van der Waals surface area contributed by atoms with Crippen molar-refractivity contribution in [3.63, 3.8) is 0 Å². The van der Waals surface area contributed by atoms with E-state index in [1.54, 1.807) is 24.3 Å². The van der Waals surface area contributed by atoms with Crippen LogP contribution in [0.2, 0.25) is 0 Å². The van der Waals surface area contributed by atoms with Crippen LogP contribution >= 0.6 is 0 Å². The summed E-state index contributed by atoms with van der Waals surface area (Å²) < 4.78 is 50.4. The molecule has 0 spiro atoms. The summed E-state index contributed by atoms with van der Waals surface area (Å²) in [6, 6.07) is 10.0. The quantitative estimate of drug-likeness (QED) is 0.472. The van der Waals surface area contributed by atoms with Crippen LogP contribution in [-0.4, -0.2) is 44.6 Å². The van der Waals surface area contributed by atoms with Gasteiger partial charge in [-0.25, -0.2) is 0 Å². The summed E-state index contributed by atoms with van der Waals surface area (Å²) in [4.78, 5) is 25.6. The highest BCUT2D eigenvalue weighted by Crippen LogP contribution is 2.35. The Morgan fingerprint density at radius 3 is 2.41 bits per heavy atom. The van der Waals surface area contributed by atoms with E-state index >= 15 is 0 Å². The monoisotopic (exact) mass is 450 g/mol.